The predicted octanol–water partition coefficient (Wildman–Crippen LogP) is 4.68. The topological polar surface area (TPSA) is 109 Å². The minimum Gasteiger partial charge on any atom is -0.355 e. The number of likely N-dealkylation sites (N-methyl/N-ethyl adjacent to an activating group) is 1. The van der Waals surface area contributed by atoms with Gasteiger partial charge in [0, 0.05) is 42.3 Å². The van der Waals surface area contributed by atoms with Gasteiger partial charge in [-0.15, -0.1) is 0 Å². The summed E-state index contributed by atoms with van der Waals surface area (Å²) >= 11 is 2.51. The van der Waals surface area contributed by atoms with E-state index in [1.807, 2.05) is 0 Å². The number of anilines is 1. The highest BCUT2D eigenvalue weighted by Crippen LogP contribution is 2.26. The van der Waals surface area contributed by atoms with Gasteiger partial charge in [-0.25, -0.2) is 9.97 Å². The van der Waals surface area contributed by atoms with Crippen molar-refractivity contribution in [2.45, 2.75) is 50.7 Å². The quantitative estimate of drug-likeness (QED) is 0.260. The van der Waals surface area contributed by atoms with Gasteiger partial charge in [-0.2, -0.15) is 11.3 Å². The van der Waals surface area contributed by atoms with Crippen LogP contribution in [-0.4, -0.2) is 45.6 Å². The van der Waals surface area contributed by atoms with E-state index in [4.69, 9.17) is 4.98 Å². The Kier molecular flexibility index (Phi) is 9.21. The van der Waals surface area contributed by atoms with E-state index >= 15 is 0 Å². The molecule has 3 heterocycles. The first-order valence-electron chi connectivity index (χ1n) is 11.9. The summed E-state index contributed by atoms with van der Waals surface area (Å²) in [6.45, 7) is 2.17. The number of hydrogen-bond acceptors (Lipinski definition) is 9. The molecule has 0 spiro atoms. The second-order valence-corrected chi connectivity index (χ2v) is 10.3. The number of hydrogen-bond donors (Lipinski definition) is 3. The zero-order chi connectivity index (χ0) is 25.3. The first-order chi connectivity index (χ1) is 17.6. The summed E-state index contributed by atoms with van der Waals surface area (Å²) in [5.41, 5.74) is 4.43. The number of nitrogens with one attached hydrogen (secondary N) is 3. The average Bonchev–Trinajstić information content (AvgIpc) is 3.45. The van der Waals surface area contributed by atoms with Crippen molar-refractivity contribution in [1.82, 2.24) is 25.6 Å². The molecule has 188 valence electrons. The van der Waals surface area contributed by atoms with Crippen LogP contribution in [0.1, 0.15) is 50.0 Å². The lowest BCUT2D eigenvalue weighted by Crippen LogP contribution is -2.38. The molecule has 1 unspecified atom stereocenters. The number of aromatic nitrogens is 3. The van der Waals surface area contributed by atoms with Crippen LogP contribution in [0.15, 0.2) is 52.2 Å². The monoisotopic (exact) mass is 522 g/mol. The molecular weight excluding hydrogens is 492 g/mol. The Bertz CT molecular complexity index is 1190. The molecule has 1 saturated carbocycles. The lowest BCUT2D eigenvalue weighted by Gasteiger charge is -2.31. The van der Waals surface area contributed by atoms with Crippen LogP contribution in [0.2, 0.25) is 0 Å². The van der Waals surface area contributed by atoms with Gasteiger partial charge in [-0.3, -0.25) is 14.6 Å². The second kappa shape index (κ2) is 12.8. The molecule has 1 fully saturated rings. The summed E-state index contributed by atoms with van der Waals surface area (Å²) in [5, 5.41) is 13.9. The molecule has 8 nitrogen and oxygen atoms in total. The van der Waals surface area contributed by atoms with E-state index in [0.717, 1.165) is 54.4 Å². The largest absolute Gasteiger partial charge is 0.355 e. The van der Waals surface area contributed by atoms with Crippen molar-refractivity contribution < 1.29 is 9.59 Å². The summed E-state index contributed by atoms with van der Waals surface area (Å²) < 4.78 is 0. The van der Waals surface area contributed by atoms with Gasteiger partial charge < -0.3 is 16.0 Å². The highest BCUT2D eigenvalue weighted by atomic mass is 32.2. The van der Waals surface area contributed by atoms with Gasteiger partial charge in [0.1, 0.15) is 0 Å². The first kappa shape index (κ1) is 26.0. The molecule has 0 bridgehead atoms. The van der Waals surface area contributed by atoms with Crippen molar-refractivity contribution in [3.05, 3.63) is 63.6 Å². The Morgan fingerprint density at radius 1 is 1.14 bits per heavy atom. The molecule has 1 aliphatic rings. The molecule has 0 radical (unpaired) electrons. The van der Waals surface area contributed by atoms with Gasteiger partial charge in [0.25, 0.3) is 5.91 Å². The van der Waals surface area contributed by atoms with Crippen molar-refractivity contribution in [1.29, 1.82) is 0 Å². The van der Waals surface area contributed by atoms with Crippen molar-refractivity contribution >= 4 is 46.6 Å². The van der Waals surface area contributed by atoms with Gasteiger partial charge >= 0.3 is 0 Å². The van der Waals surface area contributed by atoms with Gasteiger partial charge in [-0.05, 0) is 80.1 Å². The maximum Gasteiger partial charge on any atom is 0.257 e. The Hall–Kier alpha value is -3.08. The molecule has 1 aliphatic carbocycles. The zero-order valence-corrected chi connectivity index (χ0v) is 21.9. The minimum atomic E-state index is -0.325. The molecule has 3 aromatic rings. The van der Waals surface area contributed by atoms with E-state index in [0.29, 0.717) is 23.3 Å². The van der Waals surface area contributed by atoms with Crippen molar-refractivity contribution in [3.8, 4) is 11.3 Å². The molecule has 1 amide bonds. The summed E-state index contributed by atoms with van der Waals surface area (Å²) in [6, 6.07) is 10.9. The number of thiophene rings is 1. The van der Waals surface area contributed by atoms with Gasteiger partial charge in [0.05, 0.1) is 22.0 Å². The highest BCUT2D eigenvalue weighted by Gasteiger charge is 2.23. The molecular formula is C26H30N6O2S2. The Labute approximate surface area is 219 Å². The van der Waals surface area contributed by atoms with E-state index in [9.17, 15) is 9.59 Å². The number of amides is 1. The van der Waals surface area contributed by atoms with Gasteiger partial charge in [0.2, 0.25) is 5.95 Å². The van der Waals surface area contributed by atoms with E-state index in [1.54, 1.807) is 29.7 Å². The Morgan fingerprint density at radius 3 is 2.67 bits per heavy atom. The van der Waals surface area contributed by atoms with Gasteiger partial charge in [-0.1, -0.05) is 6.07 Å². The first-order valence-corrected chi connectivity index (χ1v) is 13.8. The van der Waals surface area contributed by atoms with Crippen LogP contribution in [0.25, 0.3) is 17.3 Å². The Balaban J connectivity index is 1.31. The molecule has 0 aliphatic heterocycles. The molecule has 10 heteroatoms. The lowest BCUT2D eigenvalue weighted by molar-refractivity contribution is -0.116. The summed E-state index contributed by atoms with van der Waals surface area (Å²) in [5.74, 6) is 0.198. The summed E-state index contributed by atoms with van der Waals surface area (Å²) in [7, 11) is 1.53. The molecule has 4 rings (SSSR count). The number of carbonyl (C=O) groups is 2. The van der Waals surface area contributed by atoms with Crippen LogP contribution < -0.4 is 16.0 Å². The zero-order valence-electron chi connectivity index (χ0n) is 20.3. The molecule has 36 heavy (non-hydrogen) atoms. The molecule has 3 N–H and O–H groups in total. The fourth-order valence-electron chi connectivity index (χ4n) is 4.27. The van der Waals surface area contributed by atoms with E-state index in [1.165, 1.54) is 7.05 Å². The number of carbonyl (C=O) groups excluding carboxylic acids is 2. The normalized spacial score (nSPS) is 18.9. The van der Waals surface area contributed by atoms with E-state index in [2.05, 4.69) is 67.9 Å². The van der Waals surface area contributed by atoms with Crippen LogP contribution in [0.3, 0.4) is 0 Å². The number of pyridine rings is 1. The maximum absolute atomic E-state index is 11.9. The van der Waals surface area contributed by atoms with Crippen molar-refractivity contribution in [3.63, 3.8) is 0 Å². The third kappa shape index (κ3) is 6.99. The van der Waals surface area contributed by atoms with Crippen LogP contribution >= 0.6 is 23.1 Å². The fraction of sp³-hybridized carbons (Fsp3) is 0.346. The van der Waals surface area contributed by atoms with Crippen LogP contribution in [0.5, 0.6) is 0 Å². The Morgan fingerprint density at radius 2 is 1.94 bits per heavy atom. The van der Waals surface area contributed by atoms with Crippen LogP contribution in [0.4, 0.5) is 5.95 Å². The molecule has 0 saturated heterocycles. The minimum absolute atomic E-state index is 0.170. The van der Waals surface area contributed by atoms with Crippen LogP contribution in [0, 0.1) is 0 Å². The van der Waals surface area contributed by atoms with Crippen LogP contribution in [-0.2, 0) is 9.59 Å². The number of nitrogens with zero attached hydrogens (tertiary/aromatic N) is 3. The number of rotatable bonds is 10. The maximum atomic E-state index is 11.9. The molecule has 1 atom stereocenters. The van der Waals surface area contributed by atoms with E-state index < -0.39 is 0 Å². The predicted molar refractivity (Wildman–Crippen MR) is 147 cm³/mol. The third-order valence-electron chi connectivity index (χ3n) is 6.16. The third-order valence-corrected chi connectivity index (χ3v) is 7.50. The highest BCUT2D eigenvalue weighted by molar-refractivity contribution is 8.16. The van der Waals surface area contributed by atoms with Crippen molar-refractivity contribution in [2.24, 2.45) is 0 Å². The van der Waals surface area contributed by atoms with E-state index in [-0.39, 0.29) is 22.9 Å². The SMILES string of the molecule is CNC(=O)/C(=C/c1ccnc(N[C@H]2CC[C@@H](NC(C)c3cccc(-c4ccsc4)n3)CC2)n1)SC=O. The average molecular weight is 523 g/mol. The van der Waals surface area contributed by atoms with Crippen molar-refractivity contribution in [2.75, 3.05) is 12.4 Å². The fourth-order valence-corrected chi connectivity index (χ4v) is 5.43. The number of thioether (sulfide) groups is 1. The lowest BCUT2D eigenvalue weighted by atomic mass is 9.90. The molecule has 0 aromatic carbocycles. The standard InChI is InChI=1S/C26H30N6O2S2/c1-17(22-4-3-5-23(32-22)18-11-13-35-15-18)29-19-6-8-20(9-7-19)30-26-28-12-10-21(31-26)14-24(36-16-33)25(34)27-2/h3-5,10-17,19-20,29H,6-9H2,1-2H3,(H,27,34)(H,28,30,31)/b24-14-/t17?,19-,20+. The van der Waals surface area contributed by atoms with Gasteiger partial charge in [0.15, 0.2) is 5.62 Å². The smallest absolute Gasteiger partial charge is 0.257 e. The summed E-state index contributed by atoms with van der Waals surface area (Å²) in [4.78, 5) is 36.8. The summed E-state index contributed by atoms with van der Waals surface area (Å²) in [6.07, 6.45) is 7.33. The molecule has 3 aromatic heterocycles. The second-order valence-electron chi connectivity index (χ2n) is 8.65.